The second kappa shape index (κ2) is 2.88. The molecule has 11 heavy (non-hydrogen) atoms. The average molecular weight is 152 g/mol. The maximum Gasteiger partial charge on any atom is 0.220 e. The first-order chi connectivity index (χ1) is 5.12. The minimum atomic E-state index is -1.17. The fourth-order valence-electron chi connectivity index (χ4n) is 0.961. The van der Waals surface area contributed by atoms with Crippen LogP contribution in [-0.4, -0.2) is 16.6 Å². The minimum absolute atomic E-state index is 0.0617. The number of allylic oxidation sites excluding steroid dienone is 2. The molecule has 0 saturated heterocycles. The van der Waals surface area contributed by atoms with Crippen LogP contribution in [0.4, 0.5) is 0 Å². The average Bonchev–Trinajstić information content (AvgIpc) is 1.85. The summed E-state index contributed by atoms with van der Waals surface area (Å²) in [6.07, 6.45) is 8.16. The second-order valence-corrected chi connectivity index (χ2v) is 2.55. The lowest BCUT2D eigenvalue weighted by Gasteiger charge is -2.22. The van der Waals surface area contributed by atoms with Gasteiger partial charge in [0, 0.05) is 6.42 Å². The molecule has 0 fully saturated rings. The molecular weight excluding hydrogens is 142 g/mol. The van der Waals surface area contributed by atoms with Gasteiger partial charge >= 0.3 is 0 Å². The molecule has 0 aromatic carbocycles. The van der Waals surface area contributed by atoms with E-state index in [1.807, 2.05) is 0 Å². The van der Waals surface area contributed by atoms with Crippen LogP contribution in [0.2, 0.25) is 0 Å². The summed E-state index contributed by atoms with van der Waals surface area (Å²) >= 11 is 0. The number of carbonyl (C=O) groups is 1. The predicted molar refractivity (Wildman–Crippen MR) is 41.3 cm³/mol. The first-order valence-electron chi connectivity index (χ1n) is 3.33. The van der Waals surface area contributed by atoms with Crippen LogP contribution in [0.25, 0.3) is 0 Å². The van der Waals surface area contributed by atoms with E-state index in [1.54, 1.807) is 18.2 Å². The Labute approximate surface area is 65.2 Å². The molecule has 1 radical (unpaired) electrons. The van der Waals surface area contributed by atoms with Crippen molar-refractivity contribution in [2.45, 2.75) is 12.0 Å². The number of rotatable bonds is 2. The highest BCUT2D eigenvalue weighted by Crippen LogP contribution is 2.19. The van der Waals surface area contributed by atoms with E-state index >= 15 is 0 Å². The number of carbonyl (C=O) groups excluding carboxylic acids is 1. The van der Waals surface area contributed by atoms with Crippen molar-refractivity contribution in [2.24, 2.45) is 5.73 Å². The van der Waals surface area contributed by atoms with Crippen LogP contribution in [0.5, 0.6) is 0 Å². The molecule has 1 unspecified atom stereocenters. The molecule has 0 aromatic heterocycles. The highest BCUT2D eigenvalue weighted by Gasteiger charge is 2.25. The third kappa shape index (κ3) is 2.20. The van der Waals surface area contributed by atoms with Gasteiger partial charge in [-0.2, -0.15) is 0 Å². The third-order valence-corrected chi connectivity index (χ3v) is 1.45. The first kappa shape index (κ1) is 8.01. The molecule has 3 nitrogen and oxygen atoms in total. The van der Waals surface area contributed by atoms with E-state index in [-0.39, 0.29) is 6.42 Å². The first-order valence-corrected chi connectivity index (χ1v) is 3.33. The highest BCUT2D eigenvalue weighted by atomic mass is 16.3. The van der Waals surface area contributed by atoms with E-state index in [0.29, 0.717) is 0 Å². The summed E-state index contributed by atoms with van der Waals surface area (Å²) in [6, 6.07) is 0. The fourth-order valence-corrected chi connectivity index (χ4v) is 0.961. The topological polar surface area (TPSA) is 63.3 Å². The Morgan fingerprint density at radius 2 is 2.18 bits per heavy atom. The molecule has 0 bridgehead atoms. The van der Waals surface area contributed by atoms with Crippen molar-refractivity contribution in [1.29, 1.82) is 0 Å². The SMILES string of the molecule is NC(=O)CC1(O)[CH]C=CC=C1. The van der Waals surface area contributed by atoms with Gasteiger partial charge in [-0.3, -0.25) is 4.79 Å². The molecule has 0 aromatic rings. The second-order valence-electron chi connectivity index (χ2n) is 2.55. The van der Waals surface area contributed by atoms with Crippen LogP contribution >= 0.6 is 0 Å². The zero-order valence-electron chi connectivity index (χ0n) is 6.03. The molecule has 0 saturated carbocycles. The van der Waals surface area contributed by atoms with E-state index in [4.69, 9.17) is 5.73 Å². The van der Waals surface area contributed by atoms with Crippen molar-refractivity contribution in [3.63, 3.8) is 0 Å². The predicted octanol–water partition coefficient (Wildman–Crippen LogP) is -0.0768. The molecule has 1 amide bonds. The van der Waals surface area contributed by atoms with Crippen LogP contribution in [0.15, 0.2) is 24.3 Å². The van der Waals surface area contributed by atoms with Gasteiger partial charge in [0.15, 0.2) is 0 Å². The lowest BCUT2D eigenvalue weighted by Crippen LogP contribution is -2.33. The quantitative estimate of drug-likeness (QED) is 0.581. The lowest BCUT2D eigenvalue weighted by molar-refractivity contribution is -0.120. The molecule has 3 heteroatoms. The number of aliphatic hydroxyl groups is 1. The molecule has 59 valence electrons. The van der Waals surface area contributed by atoms with Crippen molar-refractivity contribution < 1.29 is 9.90 Å². The molecular formula is C8H10NO2. The summed E-state index contributed by atoms with van der Waals surface area (Å²) < 4.78 is 0. The van der Waals surface area contributed by atoms with Crippen LogP contribution in [0, 0.1) is 6.42 Å². The molecule has 0 spiro atoms. The molecule has 1 aliphatic carbocycles. The smallest absolute Gasteiger partial charge is 0.220 e. The normalized spacial score (nSPS) is 28.8. The summed E-state index contributed by atoms with van der Waals surface area (Å²) in [6.45, 7) is 0. The fraction of sp³-hybridized carbons (Fsp3) is 0.250. The molecule has 1 atom stereocenters. The van der Waals surface area contributed by atoms with Crippen molar-refractivity contribution in [3.05, 3.63) is 30.7 Å². The van der Waals surface area contributed by atoms with E-state index < -0.39 is 11.5 Å². The van der Waals surface area contributed by atoms with Gasteiger partial charge in [0.05, 0.1) is 12.0 Å². The number of hydrogen-bond acceptors (Lipinski definition) is 2. The van der Waals surface area contributed by atoms with E-state index in [9.17, 15) is 9.90 Å². The zero-order valence-corrected chi connectivity index (χ0v) is 6.03. The monoisotopic (exact) mass is 152 g/mol. The summed E-state index contributed by atoms with van der Waals surface area (Å²) in [7, 11) is 0. The summed E-state index contributed by atoms with van der Waals surface area (Å²) in [5.74, 6) is -0.510. The van der Waals surface area contributed by atoms with Crippen LogP contribution in [0.3, 0.4) is 0 Å². The summed E-state index contributed by atoms with van der Waals surface area (Å²) in [5, 5.41) is 9.55. The lowest BCUT2D eigenvalue weighted by atomic mass is 9.92. The Balaban J connectivity index is 2.61. The number of primary amides is 1. The minimum Gasteiger partial charge on any atom is -0.385 e. The standard InChI is InChI=1S/C8H10NO2/c9-7(10)6-8(11)4-2-1-3-5-8/h1-5,11H,6H2,(H2,9,10). The van der Waals surface area contributed by atoms with E-state index in [0.717, 1.165) is 0 Å². The van der Waals surface area contributed by atoms with Crippen LogP contribution in [-0.2, 0) is 4.79 Å². The Bertz CT molecular complexity index is 220. The van der Waals surface area contributed by atoms with Crippen LogP contribution < -0.4 is 5.73 Å². The highest BCUT2D eigenvalue weighted by molar-refractivity contribution is 5.75. The van der Waals surface area contributed by atoms with Gasteiger partial charge in [-0.25, -0.2) is 0 Å². The number of hydrogen-bond donors (Lipinski definition) is 2. The Morgan fingerprint density at radius 1 is 1.45 bits per heavy atom. The van der Waals surface area contributed by atoms with Gasteiger partial charge < -0.3 is 10.8 Å². The van der Waals surface area contributed by atoms with Gasteiger partial charge in [-0.1, -0.05) is 24.3 Å². The van der Waals surface area contributed by atoms with E-state index in [1.165, 1.54) is 12.5 Å². The number of amides is 1. The van der Waals surface area contributed by atoms with Crippen molar-refractivity contribution in [3.8, 4) is 0 Å². The molecule has 0 heterocycles. The van der Waals surface area contributed by atoms with Gasteiger partial charge in [0.1, 0.15) is 0 Å². The van der Waals surface area contributed by atoms with Crippen molar-refractivity contribution >= 4 is 5.91 Å². The maximum absolute atomic E-state index is 10.5. The molecule has 3 N–H and O–H groups in total. The molecule has 0 aliphatic heterocycles. The van der Waals surface area contributed by atoms with Crippen molar-refractivity contribution in [2.75, 3.05) is 0 Å². The Kier molecular flexibility index (Phi) is 2.10. The number of nitrogens with two attached hydrogens (primary N) is 1. The van der Waals surface area contributed by atoms with Gasteiger partial charge in [-0.05, 0) is 0 Å². The Morgan fingerprint density at radius 3 is 2.64 bits per heavy atom. The maximum atomic E-state index is 10.5. The van der Waals surface area contributed by atoms with E-state index in [2.05, 4.69) is 0 Å². The van der Waals surface area contributed by atoms with Gasteiger partial charge in [0.25, 0.3) is 0 Å². The zero-order chi connectivity index (χ0) is 8.32. The largest absolute Gasteiger partial charge is 0.385 e. The molecule has 1 aliphatic rings. The summed E-state index contributed by atoms with van der Waals surface area (Å²) in [4.78, 5) is 10.5. The van der Waals surface area contributed by atoms with Crippen molar-refractivity contribution in [1.82, 2.24) is 0 Å². The van der Waals surface area contributed by atoms with Gasteiger partial charge in [0.2, 0.25) is 5.91 Å². The third-order valence-electron chi connectivity index (χ3n) is 1.45. The van der Waals surface area contributed by atoms with Gasteiger partial charge in [-0.15, -0.1) is 0 Å². The van der Waals surface area contributed by atoms with Crippen LogP contribution in [0.1, 0.15) is 6.42 Å². The Hall–Kier alpha value is -1.09. The summed E-state index contributed by atoms with van der Waals surface area (Å²) in [5.41, 5.74) is 3.77. The molecule has 1 rings (SSSR count).